The number of hydrogen-bond donors (Lipinski definition) is 0. The van der Waals surface area contributed by atoms with Gasteiger partial charge in [0.25, 0.3) is 0 Å². The molecule has 7 heteroatoms. The van der Waals surface area contributed by atoms with Crippen molar-refractivity contribution in [1.29, 1.82) is 0 Å². The minimum Gasteiger partial charge on any atom is -0.429 e. The highest BCUT2D eigenvalue weighted by Crippen LogP contribution is 2.33. The maximum atomic E-state index is 13.3. The fourth-order valence-corrected chi connectivity index (χ4v) is 13.7. The van der Waals surface area contributed by atoms with E-state index >= 15 is 0 Å². The monoisotopic (exact) mass is 480 g/mol. The predicted molar refractivity (Wildman–Crippen MR) is 129 cm³/mol. The Morgan fingerprint density at radius 3 is 1.78 bits per heavy atom. The summed E-state index contributed by atoms with van der Waals surface area (Å²) in [5.74, 6) is 0. The first-order chi connectivity index (χ1) is 15.3. The van der Waals surface area contributed by atoms with E-state index in [1.54, 1.807) is 0 Å². The van der Waals surface area contributed by atoms with Gasteiger partial charge in [-0.2, -0.15) is 13.2 Å². The van der Waals surface area contributed by atoms with Crippen molar-refractivity contribution in [2.45, 2.75) is 76.2 Å². The smallest absolute Gasteiger partial charge is 0.396 e. The Hall–Kier alpha value is -1.42. The minimum absolute atomic E-state index is 0.0777. The highest BCUT2D eigenvalue weighted by Gasteiger charge is 2.49. The minimum atomic E-state index is -4.18. The molecule has 176 valence electrons. The molecule has 0 aromatic heterocycles. The normalized spacial score (nSPS) is 23.5. The van der Waals surface area contributed by atoms with Crippen LogP contribution in [-0.2, 0) is 8.54 Å². The van der Waals surface area contributed by atoms with E-state index < -0.39 is 29.5 Å². The Labute approximate surface area is 192 Å². The van der Waals surface area contributed by atoms with Crippen LogP contribution in [-0.4, -0.2) is 29.7 Å². The summed E-state index contributed by atoms with van der Waals surface area (Å²) in [7, 11) is -5.89. The second-order valence-electron chi connectivity index (χ2n) is 9.09. The quantitative estimate of drug-likeness (QED) is 0.462. The van der Waals surface area contributed by atoms with Gasteiger partial charge < -0.3 is 8.54 Å². The van der Waals surface area contributed by atoms with Crippen molar-refractivity contribution in [1.82, 2.24) is 0 Å². The van der Waals surface area contributed by atoms with Crippen LogP contribution < -0.4 is 10.4 Å². The lowest BCUT2D eigenvalue weighted by Gasteiger charge is -2.40. The van der Waals surface area contributed by atoms with E-state index in [1.807, 2.05) is 67.2 Å². The maximum absolute atomic E-state index is 13.3. The molecule has 0 aliphatic carbocycles. The van der Waals surface area contributed by atoms with Crippen LogP contribution >= 0.6 is 0 Å². The number of halogens is 3. The Kier molecular flexibility index (Phi) is 9.16. The zero-order valence-corrected chi connectivity index (χ0v) is 21.0. The second kappa shape index (κ2) is 11.6. The first-order valence-electron chi connectivity index (χ1n) is 11.9. The highest BCUT2D eigenvalue weighted by molar-refractivity contribution is 6.98. The first-order valence-corrected chi connectivity index (χ1v) is 16.5. The molecule has 1 aliphatic rings. The van der Waals surface area contributed by atoms with Gasteiger partial charge in [-0.05, 0) is 35.4 Å². The zero-order chi connectivity index (χ0) is 22.9. The summed E-state index contributed by atoms with van der Waals surface area (Å²) < 4.78 is 53.6. The molecule has 1 heterocycles. The predicted octanol–water partition coefficient (Wildman–Crippen LogP) is 6.55. The molecule has 2 aromatic rings. The van der Waals surface area contributed by atoms with E-state index in [0.29, 0.717) is 6.61 Å². The Balaban J connectivity index is 2.05. The molecule has 32 heavy (non-hydrogen) atoms. The van der Waals surface area contributed by atoms with Crippen LogP contribution in [0.15, 0.2) is 60.7 Å². The van der Waals surface area contributed by atoms with Gasteiger partial charge in [-0.3, -0.25) is 0 Å². The van der Waals surface area contributed by atoms with Crippen molar-refractivity contribution in [2.24, 2.45) is 0 Å². The molecule has 1 fully saturated rings. The third-order valence-electron chi connectivity index (χ3n) is 6.29. The second-order valence-corrected chi connectivity index (χ2v) is 16.5. The van der Waals surface area contributed by atoms with E-state index in [1.165, 1.54) is 12.8 Å². The molecule has 2 aromatic carbocycles. The molecule has 1 saturated heterocycles. The largest absolute Gasteiger partial charge is 0.429 e. The molecule has 0 amide bonds. The fraction of sp³-hybridized carbons (Fsp3) is 0.520. The van der Waals surface area contributed by atoms with Gasteiger partial charge in [0.15, 0.2) is 8.32 Å². The zero-order valence-electron chi connectivity index (χ0n) is 19.0. The van der Waals surface area contributed by atoms with E-state index in [0.717, 1.165) is 48.5 Å². The number of alkyl halides is 3. The van der Waals surface area contributed by atoms with Crippen molar-refractivity contribution in [3.05, 3.63) is 60.7 Å². The third kappa shape index (κ3) is 7.30. The summed E-state index contributed by atoms with van der Waals surface area (Å²) in [5.41, 5.74) is 0. The highest BCUT2D eigenvalue weighted by atomic mass is 28.4. The molecule has 0 saturated carbocycles. The Bertz CT molecular complexity index is 762. The molecule has 1 aliphatic heterocycles. The van der Waals surface area contributed by atoms with Gasteiger partial charge in [0.1, 0.15) is 0 Å². The lowest BCUT2D eigenvalue weighted by molar-refractivity contribution is -0.131. The average Bonchev–Trinajstić information content (AvgIpc) is 2.80. The van der Waals surface area contributed by atoms with Gasteiger partial charge in [0, 0.05) is 13.0 Å². The molecule has 3 rings (SSSR count). The molecule has 0 spiro atoms. The van der Waals surface area contributed by atoms with Crippen LogP contribution in [0.5, 0.6) is 0 Å². The molecule has 0 radical (unpaired) electrons. The molecule has 1 unspecified atom stereocenters. The fourth-order valence-electron chi connectivity index (χ4n) is 4.48. The summed E-state index contributed by atoms with van der Waals surface area (Å²) in [4.78, 5) is 0. The molecule has 0 N–H and O–H groups in total. The summed E-state index contributed by atoms with van der Waals surface area (Å²) >= 11 is 0. The number of benzene rings is 2. The van der Waals surface area contributed by atoms with Gasteiger partial charge in [0.05, 0.1) is 0 Å². The van der Waals surface area contributed by atoms with Crippen molar-refractivity contribution in [2.75, 3.05) is 6.61 Å². The van der Waals surface area contributed by atoms with Crippen LogP contribution in [0.25, 0.3) is 0 Å². The van der Waals surface area contributed by atoms with Gasteiger partial charge in [-0.1, -0.05) is 99.2 Å². The van der Waals surface area contributed by atoms with Crippen LogP contribution in [0, 0.1) is 0 Å². The van der Waals surface area contributed by atoms with Gasteiger partial charge in [-0.15, -0.1) is 0 Å². The van der Waals surface area contributed by atoms with Crippen LogP contribution in [0.2, 0.25) is 18.6 Å². The van der Waals surface area contributed by atoms with E-state index in [-0.39, 0.29) is 6.04 Å². The van der Waals surface area contributed by atoms with E-state index in [4.69, 9.17) is 8.54 Å². The van der Waals surface area contributed by atoms with E-state index in [9.17, 15) is 13.2 Å². The summed E-state index contributed by atoms with van der Waals surface area (Å²) in [6.07, 6.45) is 2.58. The summed E-state index contributed by atoms with van der Waals surface area (Å²) in [6.45, 7) is 2.56. The number of hydrogen-bond acceptors (Lipinski definition) is 2. The average molecular weight is 481 g/mol. The van der Waals surface area contributed by atoms with Crippen molar-refractivity contribution >= 4 is 27.3 Å². The molecule has 1 atom stereocenters. The summed E-state index contributed by atoms with van der Waals surface area (Å²) in [5, 5.41) is 1.96. The Morgan fingerprint density at radius 1 is 0.750 bits per heavy atom. The standard InChI is InChI=1S/C25H35F3O2Si2/c1-31(22-19-25(26,27)28)21-14-6-4-2-3-5-13-20-29-32(30-31,23-15-9-7-10-16-23)24-17-11-8-12-18-24/h7-12,15-18H,2-6,13-14,19-22H2,1H3. The van der Waals surface area contributed by atoms with Crippen molar-refractivity contribution in [3.8, 4) is 0 Å². The molecule has 2 nitrogen and oxygen atoms in total. The van der Waals surface area contributed by atoms with Gasteiger partial charge in [0.2, 0.25) is 0 Å². The molecular formula is C25H35F3O2Si2. The van der Waals surface area contributed by atoms with Crippen molar-refractivity contribution < 1.29 is 21.7 Å². The first kappa shape index (κ1) is 25.2. The SMILES string of the molecule is C[Si]1(CCC(F)(F)F)CCCCCCCCCO[Si](c2ccccc2)(c2ccccc2)O1. The van der Waals surface area contributed by atoms with Crippen LogP contribution in [0.3, 0.4) is 0 Å². The van der Waals surface area contributed by atoms with Gasteiger partial charge >= 0.3 is 14.7 Å². The number of rotatable bonds is 4. The molecular weight excluding hydrogens is 445 g/mol. The topological polar surface area (TPSA) is 18.5 Å². The maximum Gasteiger partial charge on any atom is 0.396 e. The van der Waals surface area contributed by atoms with Crippen molar-refractivity contribution in [3.63, 3.8) is 0 Å². The summed E-state index contributed by atoms with van der Waals surface area (Å²) in [6, 6.07) is 20.7. The van der Waals surface area contributed by atoms with E-state index in [2.05, 4.69) is 0 Å². The molecule has 0 bridgehead atoms. The lowest BCUT2D eigenvalue weighted by Crippen LogP contribution is -2.67. The third-order valence-corrected chi connectivity index (χ3v) is 14.9. The van der Waals surface area contributed by atoms with Crippen LogP contribution in [0.4, 0.5) is 13.2 Å². The van der Waals surface area contributed by atoms with Crippen LogP contribution in [0.1, 0.15) is 51.4 Å². The lowest BCUT2D eigenvalue weighted by atomic mass is 10.1. The van der Waals surface area contributed by atoms with Gasteiger partial charge in [-0.25, -0.2) is 0 Å². The Morgan fingerprint density at radius 2 is 1.25 bits per heavy atom.